The molecule has 0 spiro atoms. The summed E-state index contributed by atoms with van der Waals surface area (Å²) in [5.41, 5.74) is 1.01. The standard InChI is InChI=1S/C17H27N5O.2ClH/c1-12(2)16-19-13(3)10-15(20-16)21-6-8-22(9-7-21)17(23)14-4-5-18-11-14;;/h10,12,14,18H,4-9,11H2,1-3H3;2*1H. The highest BCUT2D eigenvalue weighted by molar-refractivity contribution is 5.85. The highest BCUT2D eigenvalue weighted by atomic mass is 35.5. The van der Waals surface area contributed by atoms with Gasteiger partial charge in [0.2, 0.25) is 5.91 Å². The Kier molecular flexibility index (Phi) is 8.38. The van der Waals surface area contributed by atoms with Crippen LogP contribution in [0.3, 0.4) is 0 Å². The molecule has 8 heteroatoms. The number of nitrogens with zero attached hydrogens (tertiary/aromatic N) is 4. The Bertz CT molecular complexity index is 570. The van der Waals surface area contributed by atoms with E-state index in [1.54, 1.807) is 0 Å². The van der Waals surface area contributed by atoms with Crippen molar-refractivity contribution in [3.63, 3.8) is 0 Å². The molecule has 0 bridgehead atoms. The number of halogens is 2. The van der Waals surface area contributed by atoms with Gasteiger partial charge in [0.05, 0.1) is 5.92 Å². The third-order valence-electron chi connectivity index (χ3n) is 4.70. The molecule has 142 valence electrons. The van der Waals surface area contributed by atoms with Crippen molar-refractivity contribution < 1.29 is 4.79 Å². The first-order valence-electron chi connectivity index (χ1n) is 8.64. The molecular weight excluding hydrogens is 361 g/mol. The van der Waals surface area contributed by atoms with Gasteiger partial charge < -0.3 is 15.1 Å². The van der Waals surface area contributed by atoms with Crippen molar-refractivity contribution >= 4 is 36.5 Å². The zero-order valence-electron chi connectivity index (χ0n) is 15.2. The average Bonchev–Trinajstić information content (AvgIpc) is 3.08. The molecule has 1 aromatic rings. The Hall–Kier alpha value is -1.11. The molecule has 0 radical (unpaired) electrons. The van der Waals surface area contributed by atoms with Gasteiger partial charge in [-0.1, -0.05) is 13.8 Å². The first-order valence-corrected chi connectivity index (χ1v) is 8.64. The highest BCUT2D eigenvalue weighted by Gasteiger charge is 2.29. The molecule has 2 aliphatic rings. The van der Waals surface area contributed by atoms with Crippen molar-refractivity contribution in [2.24, 2.45) is 5.92 Å². The minimum Gasteiger partial charge on any atom is -0.353 e. The number of piperazine rings is 1. The molecule has 2 aliphatic heterocycles. The Morgan fingerprint density at radius 2 is 1.88 bits per heavy atom. The number of amides is 1. The minimum atomic E-state index is 0. The number of aromatic nitrogens is 2. The first-order chi connectivity index (χ1) is 11.0. The van der Waals surface area contributed by atoms with Crippen molar-refractivity contribution in [2.75, 3.05) is 44.2 Å². The molecule has 6 nitrogen and oxygen atoms in total. The van der Waals surface area contributed by atoms with Gasteiger partial charge >= 0.3 is 0 Å². The van der Waals surface area contributed by atoms with E-state index in [-0.39, 0.29) is 30.7 Å². The molecule has 1 atom stereocenters. The Labute approximate surface area is 162 Å². The van der Waals surface area contributed by atoms with Gasteiger partial charge in [-0.15, -0.1) is 24.8 Å². The van der Waals surface area contributed by atoms with Crippen LogP contribution in [0.2, 0.25) is 0 Å². The Balaban J connectivity index is 0.00000156. The molecule has 0 aliphatic carbocycles. The number of anilines is 1. The monoisotopic (exact) mass is 389 g/mol. The number of hydrogen-bond donors (Lipinski definition) is 1. The number of carbonyl (C=O) groups is 1. The lowest BCUT2D eigenvalue weighted by atomic mass is 10.1. The summed E-state index contributed by atoms with van der Waals surface area (Å²) in [6.07, 6.45) is 0.974. The second-order valence-corrected chi connectivity index (χ2v) is 6.88. The van der Waals surface area contributed by atoms with Crippen LogP contribution in [0.5, 0.6) is 0 Å². The van der Waals surface area contributed by atoms with Crippen LogP contribution < -0.4 is 10.2 Å². The number of carbonyl (C=O) groups excluding carboxylic acids is 1. The molecule has 25 heavy (non-hydrogen) atoms. The van der Waals surface area contributed by atoms with Gasteiger partial charge in [0, 0.05) is 50.4 Å². The zero-order chi connectivity index (χ0) is 16.4. The largest absolute Gasteiger partial charge is 0.353 e. The van der Waals surface area contributed by atoms with Crippen molar-refractivity contribution in [1.82, 2.24) is 20.2 Å². The van der Waals surface area contributed by atoms with E-state index in [1.165, 1.54) is 0 Å². The van der Waals surface area contributed by atoms with E-state index in [4.69, 9.17) is 4.98 Å². The molecule has 0 aromatic carbocycles. The smallest absolute Gasteiger partial charge is 0.227 e. The number of nitrogens with one attached hydrogen (secondary N) is 1. The predicted molar refractivity (Wildman–Crippen MR) is 105 cm³/mol. The molecule has 3 heterocycles. The second-order valence-electron chi connectivity index (χ2n) is 6.88. The van der Waals surface area contributed by atoms with Crippen molar-refractivity contribution in [2.45, 2.75) is 33.1 Å². The second kappa shape index (κ2) is 9.55. The van der Waals surface area contributed by atoms with Crippen LogP contribution in [-0.2, 0) is 4.79 Å². The van der Waals surface area contributed by atoms with E-state index in [2.05, 4.69) is 29.0 Å². The van der Waals surface area contributed by atoms with Crippen LogP contribution in [0, 0.1) is 12.8 Å². The molecular formula is C17H29Cl2N5O. The lowest BCUT2D eigenvalue weighted by molar-refractivity contribution is -0.135. The van der Waals surface area contributed by atoms with Crippen LogP contribution in [0.4, 0.5) is 5.82 Å². The van der Waals surface area contributed by atoms with Gasteiger partial charge in [0.25, 0.3) is 0 Å². The third kappa shape index (κ3) is 5.19. The van der Waals surface area contributed by atoms with Crippen LogP contribution in [0.25, 0.3) is 0 Å². The third-order valence-corrected chi connectivity index (χ3v) is 4.70. The fraction of sp³-hybridized carbons (Fsp3) is 0.706. The minimum absolute atomic E-state index is 0. The van der Waals surface area contributed by atoms with E-state index in [0.29, 0.717) is 11.8 Å². The fourth-order valence-corrected chi connectivity index (χ4v) is 3.27. The Morgan fingerprint density at radius 1 is 1.20 bits per heavy atom. The molecule has 1 amide bonds. The van der Waals surface area contributed by atoms with Gasteiger partial charge in [0.1, 0.15) is 11.6 Å². The molecule has 2 fully saturated rings. The maximum absolute atomic E-state index is 12.5. The maximum atomic E-state index is 12.5. The predicted octanol–water partition coefficient (Wildman–Crippen LogP) is 2.01. The van der Waals surface area contributed by atoms with E-state index in [1.807, 2.05) is 17.9 Å². The van der Waals surface area contributed by atoms with Gasteiger partial charge in [0.15, 0.2) is 0 Å². The average molecular weight is 390 g/mol. The molecule has 2 saturated heterocycles. The SMILES string of the molecule is Cc1cc(N2CCN(C(=O)C3CCNC3)CC2)nc(C(C)C)n1.Cl.Cl. The fourth-order valence-electron chi connectivity index (χ4n) is 3.27. The van der Waals surface area contributed by atoms with E-state index >= 15 is 0 Å². The molecule has 1 aromatic heterocycles. The Morgan fingerprint density at radius 3 is 2.44 bits per heavy atom. The molecule has 1 N–H and O–H groups in total. The van der Waals surface area contributed by atoms with Crippen LogP contribution in [0.1, 0.15) is 37.7 Å². The summed E-state index contributed by atoms with van der Waals surface area (Å²) in [5.74, 6) is 2.71. The summed E-state index contributed by atoms with van der Waals surface area (Å²) in [5, 5.41) is 3.28. The van der Waals surface area contributed by atoms with Crippen LogP contribution in [0.15, 0.2) is 6.07 Å². The van der Waals surface area contributed by atoms with Gasteiger partial charge in [-0.2, -0.15) is 0 Å². The topological polar surface area (TPSA) is 61.4 Å². The summed E-state index contributed by atoms with van der Waals surface area (Å²) < 4.78 is 0. The summed E-state index contributed by atoms with van der Waals surface area (Å²) in [6.45, 7) is 11.3. The lowest BCUT2D eigenvalue weighted by Crippen LogP contribution is -2.51. The normalized spacial score (nSPS) is 20.2. The van der Waals surface area contributed by atoms with Crippen molar-refractivity contribution in [3.8, 4) is 0 Å². The summed E-state index contributed by atoms with van der Waals surface area (Å²) in [4.78, 5) is 26.0. The first kappa shape index (κ1) is 21.9. The van der Waals surface area contributed by atoms with Gasteiger partial charge in [-0.25, -0.2) is 9.97 Å². The molecule has 3 rings (SSSR count). The van der Waals surface area contributed by atoms with Gasteiger partial charge in [-0.05, 0) is 19.9 Å². The highest BCUT2D eigenvalue weighted by Crippen LogP contribution is 2.20. The quantitative estimate of drug-likeness (QED) is 0.856. The van der Waals surface area contributed by atoms with E-state index < -0.39 is 0 Å². The zero-order valence-corrected chi connectivity index (χ0v) is 16.8. The van der Waals surface area contributed by atoms with Crippen LogP contribution in [-0.4, -0.2) is 60.0 Å². The van der Waals surface area contributed by atoms with Crippen molar-refractivity contribution in [1.29, 1.82) is 0 Å². The maximum Gasteiger partial charge on any atom is 0.227 e. The van der Waals surface area contributed by atoms with Gasteiger partial charge in [-0.3, -0.25) is 4.79 Å². The van der Waals surface area contributed by atoms with E-state index in [9.17, 15) is 4.79 Å². The summed E-state index contributed by atoms with van der Waals surface area (Å²) >= 11 is 0. The lowest BCUT2D eigenvalue weighted by Gasteiger charge is -2.36. The summed E-state index contributed by atoms with van der Waals surface area (Å²) in [6, 6.07) is 2.05. The summed E-state index contributed by atoms with van der Waals surface area (Å²) in [7, 11) is 0. The molecule has 1 unspecified atom stereocenters. The van der Waals surface area contributed by atoms with E-state index in [0.717, 1.165) is 63.0 Å². The van der Waals surface area contributed by atoms with Crippen molar-refractivity contribution in [3.05, 3.63) is 17.6 Å². The number of aryl methyl sites for hydroxylation is 1. The molecule has 0 saturated carbocycles. The number of hydrogen-bond acceptors (Lipinski definition) is 5. The number of rotatable bonds is 3. The van der Waals surface area contributed by atoms with Crippen LogP contribution >= 0.6 is 24.8 Å².